The van der Waals surface area contributed by atoms with Gasteiger partial charge in [0.05, 0.1) is 84.2 Å². The van der Waals surface area contributed by atoms with Crippen LogP contribution in [0.5, 0.6) is 17.2 Å². The summed E-state index contributed by atoms with van der Waals surface area (Å²) in [5.74, 6) is -5.16. The molecule has 0 aromatic heterocycles. The lowest BCUT2D eigenvalue weighted by Crippen LogP contribution is -2.57. The van der Waals surface area contributed by atoms with Gasteiger partial charge < -0.3 is 122 Å². The molecule has 7 aliphatic rings. The molecule has 30 atom stereocenters. The molecule has 508 valence electrons. The van der Waals surface area contributed by atoms with Crippen LogP contribution in [0.4, 0.5) is 0 Å². The normalized spacial score (nSPS) is 41.5. The fourth-order valence-corrected chi connectivity index (χ4v) is 13.4. The Morgan fingerprint density at radius 3 is 1.49 bits per heavy atom. The molecule has 9 rings (SSSR count). The van der Waals surface area contributed by atoms with E-state index in [4.69, 9.17) is 66.3 Å². The molecule has 2 aromatic carbocycles. The maximum atomic E-state index is 15.4. The first-order valence-electron chi connectivity index (χ1n) is 31.3. The smallest absolute Gasteiger partial charge is 0.303 e. The van der Waals surface area contributed by atoms with Gasteiger partial charge in [-0.3, -0.25) is 14.4 Å². The van der Waals surface area contributed by atoms with Gasteiger partial charge >= 0.3 is 5.97 Å². The maximum absolute atomic E-state index is 15.4. The van der Waals surface area contributed by atoms with Crippen molar-refractivity contribution in [2.24, 2.45) is 5.92 Å². The molecular formula is C62H92O28. The number of aromatic hydroxyl groups is 2. The van der Waals surface area contributed by atoms with E-state index in [-0.39, 0.29) is 78.2 Å². The van der Waals surface area contributed by atoms with Crippen LogP contribution in [0.15, 0.2) is 12.1 Å². The summed E-state index contributed by atoms with van der Waals surface area (Å²) in [5.41, 5.74) is 0.150. The van der Waals surface area contributed by atoms with Crippen molar-refractivity contribution in [1.29, 1.82) is 0 Å². The number of aliphatic hydroxyl groups excluding tert-OH is 9. The predicted octanol–water partition coefficient (Wildman–Crippen LogP) is 1.02. The van der Waals surface area contributed by atoms with Crippen molar-refractivity contribution in [1.82, 2.24) is 0 Å². The molecule has 28 heteroatoms. The Bertz CT molecular complexity index is 2760. The van der Waals surface area contributed by atoms with Crippen LogP contribution in [0.25, 0.3) is 10.8 Å². The van der Waals surface area contributed by atoms with E-state index >= 15 is 4.79 Å². The fourth-order valence-electron chi connectivity index (χ4n) is 13.4. The number of hydrogen-bond donors (Lipinski definition) is 11. The molecule has 1 aliphatic carbocycles. The van der Waals surface area contributed by atoms with E-state index in [9.17, 15) is 65.8 Å². The number of hydrogen-bond acceptors (Lipinski definition) is 28. The average molecular weight is 1290 g/mol. The zero-order valence-electron chi connectivity index (χ0n) is 52.5. The lowest BCUT2D eigenvalue weighted by Gasteiger charge is -2.46. The van der Waals surface area contributed by atoms with Gasteiger partial charge in [0, 0.05) is 64.0 Å². The molecule has 6 fully saturated rings. The molecule has 28 nitrogen and oxygen atoms in total. The zero-order chi connectivity index (χ0) is 65.6. The number of aliphatic hydroxyl groups is 9. The number of phenolic OH excluding ortho intramolecular Hbond substituents is 2. The molecule has 6 saturated heterocycles. The van der Waals surface area contributed by atoms with Gasteiger partial charge in [0.2, 0.25) is 6.29 Å². The number of Topliss-reactive ketones (excluding diaryl/α,β-unsaturated/α-hetero) is 2. The van der Waals surface area contributed by atoms with Crippen LogP contribution in [0.3, 0.4) is 0 Å². The Balaban J connectivity index is 0.972. The molecule has 0 amide bonds. The van der Waals surface area contributed by atoms with Crippen LogP contribution < -0.4 is 4.74 Å². The summed E-state index contributed by atoms with van der Waals surface area (Å²) in [5, 5.41) is 122. The summed E-state index contributed by atoms with van der Waals surface area (Å²) in [6, 6.07) is 3.10. The first-order valence-corrected chi connectivity index (χ1v) is 31.3. The SMILES string of the molecule is CCC(C)c1c(O[C@@H]2C[C@H](O[C@@H]3C[C@H](O)[C@@H](O)[C@H](C)O3)[C@@H](O)[C@H](C)O2)cc2cc3c(c(O)c2c1O)C(=O)C(O[C@@H]1C[C@H](O[C@@H]2C[C@H](O[C@@H]4C[C@H](O[C@@H]5C[C@H](O)[C@@H](O)[C@H](C)O5)[C@@H](O)[C@H](C)O4)[C@H](OC(C)=O)[C@H](C)O2)[C@@H](O)[C@H](C)O1)C(C(OC)C(=O)C(O)C(C)O)C3. The van der Waals surface area contributed by atoms with Gasteiger partial charge in [0.15, 0.2) is 49.1 Å². The van der Waals surface area contributed by atoms with Gasteiger partial charge in [0.1, 0.15) is 72.2 Å². The minimum absolute atomic E-state index is 0.0413. The predicted molar refractivity (Wildman–Crippen MR) is 307 cm³/mol. The third-order valence-electron chi connectivity index (χ3n) is 18.7. The van der Waals surface area contributed by atoms with Crippen molar-refractivity contribution in [2.45, 2.75) is 299 Å². The second-order valence-corrected chi connectivity index (χ2v) is 25.4. The van der Waals surface area contributed by atoms with E-state index in [2.05, 4.69) is 0 Å². The molecule has 90 heavy (non-hydrogen) atoms. The van der Waals surface area contributed by atoms with Crippen LogP contribution in [-0.2, 0) is 77.6 Å². The Kier molecular flexibility index (Phi) is 23.0. The van der Waals surface area contributed by atoms with Crippen LogP contribution in [0.2, 0.25) is 0 Å². The van der Waals surface area contributed by atoms with E-state index in [0.717, 1.165) is 0 Å². The molecular weight excluding hydrogens is 1190 g/mol. The van der Waals surface area contributed by atoms with E-state index in [1.807, 2.05) is 13.8 Å². The average Bonchev–Trinajstić information content (AvgIpc) is 0.743. The highest BCUT2D eigenvalue weighted by Gasteiger charge is 2.52. The number of carbonyl (C=O) groups is 3. The minimum atomic E-state index is -1.98. The van der Waals surface area contributed by atoms with Crippen LogP contribution in [-0.4, -0.2) is 253 Å². The molecule has 0 radical (unpaired) electrons. The summed E-state index contributed by atoms with van der Waals surface area (Å²) in [6.45, 7) is 15.7. The number of ketones is 2. The largest absolute Gasteiger partial charge is 0.507 e. The Labute approximate surface area is 521 Å². The molecule has 6 aliphatic heterocycles. The van der Waals surface area contributed by atoms with Gasteiger partial charge in [-0.1, -0.05) is 13.8 Å². The summed E-state index contributed by atoms with van der Waals surface area (Å²) >= 11 is 0. The van der Waals surface area contributed by atoms with E-state index in [1.165, 1.54) is 33.9 Å². The van der Waals surface area contributed by atoms with Gasteiger partial charge in [-0.05, 0) is 90.3 Å². The van der Waals surface area contributed by atoms with Crippen molar-refractivity contribution >= 4 is 28.3 Å². The molecule has 6 heterocycles. The van der Waals surface area contributed by atoms with Gasteiger partial charge in [-0.15, -0.1) is 0 Å². The molecule has 0 saturated carbocycles. The fraction of sp³-hybridized carbons (Fsp3) is 0.790. The van der Waals surface area contributed by atoms with Gasteiger partial charge in [-0.25, -0.2) is 0 Å². The highest BCUT2D eigenvalue weighted by atomic mass is 16.8. The van der Waals surface area contributed by atoms with Crippen molar-refractivity contribution < 1.29 is 137 Å². The Morgan fingerprint density at radius 2 is 1.02 bits per heavy atom. The molecule has 0 spiro atoms. The number of fused-ring (bicyclic) bond motifs is 2. The Morgan fingerprint density at radius 1 is 0.589 bits per heavy atom. The second-order valence-electron chi connectivity index (χ2n) is 25.4. The topological polar surface area (TPSA) is 403 Å². The first-order chi connectivity index (χ1) is 42.5. The molecule has 11 N–H and O–H groups in total. The quantitative estimate of drug-likeness (QED) is 0.0824. The number of benzene rings is 2. The number of esters is 1. The maximum Gasteiger partial charge on any atom is 0.303 e. The summed E-state index contributed by atoms with van der Waals surface area (Å²) in [7, 11) is 1.18. The molecule has 6 unspecified atom stereocenters. The van der Waals surface area contributed by atoms with E-state index in [0.29, 0.717) is 6.42 Å². The monoisotopic (exact) mass is 1280 g/mol. The van der Waals surface area contributed by atoms with Crippen molar-refractivity contribution in [3.05, 3.63) is 28.8 Å². The lowest BCUT2D eigenvalue weighted by molar-refractivity contribution is -0.338. The van der Waals surface area contributed by atoms with Crippen molar-refractivity contribution in [3.8, 4) is 17.2 Å². The number of ether oxygens (including phenoxy) is 14. The van der Waals surface area contributed by atoms with Crippen molar-refractivity contribution in [3.63, 3.8) is 0 Å². The van der Waals surface area contributed by atoms with Gasteiger partial charge in [-0.2, -0.15) is 0 Å². The summed E-state index contributed by atoms with van der Waals surface area (Å²) in [4.78, 5) is 42.0. The lowest BCUT2D eigenvalue weighted by atomic mass is 9.74. The van der Waals surface area contributed by atoms with Crippen LogP contribution in [0, 0.1) is 5.92 Å². The van der Waals surface area contributed by atoms with Crippen LogP contribution in [0.1, 0.15) is 142 Å². The van der Waals surface area contributed by atoms with E-state index < -0.39 is 213 Å². The summed E-state index contributed by atoms with van der Waals surface area (Å²) in [6.07, 6.45) is -32.3. The van der Waals surface area contributed by atoms with Crippen LogP contribution >= 0.6 is 0 Å². The Hall–Kier alpha value is -3.93. The van der Waals surface area contributed by atoms with Gasteiger partial charge in [0.25, 0.3) is 0 Å². The number of rotatable bonds is 20. The molecule has 2 aromatic rings. The third-order valence-corrected chi connectivity index (χ3v) is 18.7. The zero-order valence-corrected chi connectivity index (χ0v) is 52.5. The summed E-state index contributed by atoms with van der Waals surface area (Å²) < 4.78 is 86.0. The van der Waals surface area contributed by atoms with E-state index in [1.54, 1.807) is 40.7 Å². The standard InChI is InChI=1S/C62H92O28/c1-12-22(2)47-36(85-43-18-37(53(70)26(6)80-43)86-41-16-34(65)51(68)24(4)78-41)15-32-13-31-14-33(61(77-11)59(76)50(67)23(3)63)62(58(75)49(31)57(74)48(32)56(47)73)90-46-20-39(55(72)28(8)82-46)88-45-21-40(60(29(9)83-45)84-30(10)64)89-44-19-38(54(71)27(7)81-44)87-42-17-35(66)52(69)25(5)79-42/h13,15,22-29,33-35,37-46,50-55,60-63,65-74H,12,14,16-21H2,1-11H3/t22?,23?,24-,25-,26-,27-,28-,29-,33?,34-,35-,37-,38-,39-,40-,41+,42+,43+,44+,45+,46+,50?,51-,52-,53-,54-,55-,60+,61?,62?/m0/s1. The second kappa shape index (κ2) is 29.4. The number of methoxy groups -OCH3 is 1. The van der Waals surface area contributed by atoms with Crippen molar-refractivity contribution in [2.75, 3.05) is 7.11 Å². The third kappa shape index (κ3) is 15.1. The highest BCUT2D eigenvalue weighted by Crippen LogP contribution is 2.50. The molecule has 0 bridgehead atoms. The minimum Gasteiger partial charge on any atom is -0.507 e. The first kappa shape index (κ1) is 70.4. The highest BCUT2D eigenvalue weighted by molar-refractivity contribution is 6.11. The number of carbonyl (C=O) groups excluding carboxylic acids is 3. The number of phenols is 2.